The highest BCUT2D eigenvalue weighted by atomic mass is 32.2. The molecule has 1 aliphatic heterocycles. The molecule has 0 radical (unpaired) electrons. The summed E-state index contributed by atoms with van der Waals surface area (Å²) in [6.45, 7) is 1.57. The van der Waals surface area contributed by atoms with Crippen LogP contribution in [-0.4, -0.2) is 23.6 Å². The van der Waals surface area contributed by atoms with Crippen LogP contribution in [0.15, 0.2) is 53.4 Å². The van der Waals surface area contributed by atoms with E-state index in [1.54, 1.807) is 12.1 Å². The first kappa shape index (κ1) is 19.3. The number of fused-ring (bicyclic) bond motifs is 1. The fourth-order valence-corrected chi connectivity index (χ4v) is 3.99. The van der Waals surface area contributed by atoms with Crippen molar-refractivity contribution in [3.63, 3.8) is 0 Å². The quantitative estimate of drug-likeness (QED) is 0.830. The number of rotatable bonds is 3. The molecule has 1 aliphatic rings. The highest BCUT2D eigenvalue weighted by Gasteiger charge is 2.34. The first-order valence-electron chi connectivity index (χ1n) is 8.28. The second-order valence-corrected chi connectivity index (χ2v) is 7.65. The minimum absolute atomic E-state index is 0.0395. The van der Waals surface area contributed by atoms with Crippen molar-refractivity contribution in [2.75, 3.05) is 16.8 Å². The van der Waals surface area contributed by atoms with Crippen molar-refractivity contribution < 1.29 is 22.8 Å². The number of hydrogen-bond acceptors (Lipinski definition) is 3. The van der Waals surface area contributed by atoms with E-state index in [-0.39, 0.29) is 29.8 Å². The molecule has 0 saturated heterocycles. The Balaban J connectivity index is 1.83. The monoisotopic (exact) mass is 394 g/mol. The maximum Gasteiger partial charge on any atom is 0.418 e. The number of hydrogen-bond donors (Lipinski definition) is 1. The SMILES string of the molecule is CC1CC(=O)N(CC(=O)Nc2ccccc2C(F)(F)F)c2ccccc2S1. The summed E-state index contributed by atoms with van der Waals surface area (Å²) < 4.78 is 39.3. The Morgan fingerprint density at radius 2 is 1.85 bits per heavy atom. The van der Waals surface area contributed by atoms with Gasteiger partial charge in [-0.05, 0) is 24.3 Å². The van der Waals surface area contributed by atoms with Crippen LogP contribution in [0.5, 0.6) is 0 Å². The molecule has 0 saturated carbocycles. The predicted molar refractivity (Wildman–Crippen MR) is 98.8 cm³/mol. The number of halogens is 3. The number of para-hydroxylation sites is 2. The number of benzene rings is 2. The number of nitrogens with one attached hydrogen (secondary N) is 1. The summed E-state index contributed by atoms with van der Waals surface area (Å²) in [6.07, 6.45) is -4.34. The van der Waals surface area contributed by atoms with E-state index in [4.69, 9.17) is 0 Å². The van der Waals surface area contributed by atoms with E-state index in [9.17, 15) is 22.8 Å². The molecule has 2 amide bonds. The Morgan fingerprint density at radius 1 is 1.19 bits per heavy atom. The average Bonchev–Trinajstić information content (AvgIpc) is 2.70. The van der Waals surface area contributed by atoms with Gasteiger partial charge in [0.25, 0.3) is 0 Å². The van der Waals surface area contributed by atoms with Gasteiger partial charge in [-0.2, -0.15) is 13.2 Å². The van der Waals surface area contributed by atoms with Gasteiger partial charge in [0.05, 0.1) is 16.9 Å². The molecule has 0 aliphatic carbocycles. The predicted octanol–water partition coefficient (Wildman–Crippen LogP) is 4.56. The van der Waals surface area contributed by atoms with Gasteiger partial charge < -0.3 is 10.2 Å². The molecular formula is C19H17F3N2O2S. The molecule has 142 valence electrons. The molecule has 8 heteroatoms. The molecule has 4 nitrogen and oxygen atoms in total. The largest absolute Gasteiger partial charge is 0.418 e. The van der Waals surface area contributed by atoms with Gasteiger partial charge in [0.1, 0.15) is 6.54 Å². The van der Waals surface area contributed by atoms with Crippen LogP contribution in [0.25, 0.3) is 0 Å². The normalized spacial score (nSPS) is 17.3. The zero-order valence-corrected chi connectivity index (χ0v) is 15.2. The van der Waals surface area contributed by atoms with Gasteiger partial charge in [0.15, 0.2) is 0 Å². The molecule has 3 rings (SSSR count). The van der Waals surface area contributed by atoms with Gasteiger partial charge in [-0.25, -0.2) is 0 Å². The summed E-state index contributed by atoms with van der Waals surface area (Å²) in [5.74, 6) is -0.923. The second kappa shape index (κ2) is 7.64. The van der Waals surface area contributed by atoms with Crippen LogP contribution in [0.1, 0.15) is 18.9 Å². The minimum atomic E-state index is -4.58. The van der Waals surface area contributed by atoms with Gasteiger partial charge in [-0.1, -0.05) is 31.2 Å². The first-order chi connectivity index (χ1) is 12.8. The summed E-state index contributed by atoms with van der Waals surface area (Å²) in [5.41, 5.74) is -0.658. The van der Waals surface area contributed by atoms with Crippen LogP contribution in [0, 0.1) is 0 Å². The minimum Gasteiger partial charge on any atom is -0.324 e. The summed E-state index contributed by atoms with van der Waals surface area (Å²) in [7, 11) is 0. The third kappa shape index (κ3) is 4.44. The molecule has 2 aromatic carbocycles. The van der Waals surface area contributed by atoms with Crippen molar-refractivity contribution in [1.29, 1.82) is 0 Å². The Bertz CT molecular complexity index is 870. The summed E-state index contributed by atoms with van der Waals surface area (Å²) in [4.78, 5) is 27.2. The van der Waals surface area contributed by atoms with Crippen LogP contribution in [0.3, 0.4) is 0 Å². The topological polar surface area (TPSA) is 49.4 Å². The van der Waals surface area contributed by atoms with E-state index in [0.29, 0.717) is 5.69 Å². The lowest BCUT2D eigenvalue weighted by Crippen LogP contribution is -2.38. The van der Waals surface area contributed by atoms with Crippen LogP contribution in [0.4, 0.5) is 24.5 Å². The molecule has 27 heavy (non-hydrogen) atoms. The van der Waals surface area contributed by atoms with Crippen LogP contribution in [-0.2, 0) is 15.8 Å². The van der Waals surface area contributed by atoms with E-state index >= 15 is 0 Å². The summed E-state index contributed by atoms with van der Waals surface area (Å²) >= 11 is 1.53. The van der Waals surface area contributed by atoms with E-state index in [0.717, 1.165) is 11.0 Å². The van der Waals surface area contributed by atoms with Crippen molar-refractivity contribution in [3.05, 3.63) is 54.1 Å². The Hall–Kier alpha value is -2.48. The lowest BCUT2D eigenvalue weighted by Gasteiger charge is -2.22. The highest BCUT2D eigenvalue weighted by molar-refractivity contribution is 8.00. The Labute approximate surface area is 158 Å². The molecule has 1 N–H and O–H groups in total. The number of nitrogens with zero attached hydrogens (tertiary/aromatic N) is 1. The number of carbonyl (C=O) groups excluding carboxylic acids is 2. The Morgan fingerprint density at radius 3 is 2.59 bits per heavy atom. The molecule has 1 heterocycles. The van der Waals surface area contributed by atoms with E-state index in [1.807, 2.05) is 19.1 Å². The first-order valence-corrected chi connectivity index (χ1v) is 9.16. The number of thioether (sulfide) groups is 1. The lowest BCUT2D eigenvalue weighted by atomic mass is 10.1. The number of alkyl halides is 3. The van der Waals surface area contributed by atoms with Crippen LogP contribution in [0.2, 0.25) is 0 Å². The number of carbonyl (C=O) groups is 2. The zero-order chi connectivity index (χ0) is 19.6. The van der Waals surface area contributed by atoms with Crippen LogP contribution < -0.4 is 10.2 Å². The second-order valence-electron chi connectivity index (χ2n) is 6.17. The molecule has 0 fully saturated rings. The van der Waals surface area contributed by atoms with Gasteiger partial charge in [-0.15, -0.1) is 11.8 Å². The summed E-state index contributed by atoms with van der Waals surface area (Å²) in [5, 5.41) is 2.33. The smallest absolute Gasteiger partial charge is 0.324 e. The molecule has 1 atom stereocenters. The Kier molecular flexibility index (Phi) is 5.46. The van der Waals surface area contributed by atoms with E-state index in [2.05, 4.69) is 5.32 Å². The molecular weight excluding hydrogens is 377 g/mol. The van der Waals surface area contributed by atoms with Crippen LogP contribution >= 0.6 is 11.8 Å². The maximum absolute atomic E-state index is 13.1. The van der Waals surface area contributed by atoms with Gasteiger partial charge in [-0.3, -0.25) is 9.59 Å². The number of anilines is 2. The molecule has 1 unspecified atom stereocenters. The molecule has 0 spiro atoms. The third-order valence-electron chi connectivity index (χ3n) is 4.06. The zero-order valence-electron chi connectivity index (χ0n) is 14.4. The summed E-state index contributed by atoms with van der Waals surface area (Å²) in [6, 6.07) is 11.9. The molecule has 0 aromatic heterocycles. The van der Waals surface area contributed by atoms with Crippen molar-refractivity contribution in [3.8, 4) is 0 Å². The van der Waals surface area contributed by atoms with Gasteiger partial charge in [0.2, 0.25) is 11.8 Å². The molecule has 0 bridgehead atoms. The fraction of sp³-hybridized carbons (Fsp3) is 0.263. The van der Waals surface area contributed by atoms with Crippen molar-refractivity contribution in [1.82, 2.24) is 0 Å². The number of amides is 2. The fourth-order valence-electron chi connectivity index (χ4n) is 2.87. The average molecular weight is 394 g/mol. The van der Waals surface area contributed by atoms with Crippen molar-refractivity contribution >= 4 is 35.0 Å². The maximum atomic E-state index is 13.1. The third-order valence-corrected chi connectivity index (χ3v) is 5.22. The van der Waals surface area contributed by atoms with Crippen molar-refractivity contribution in [2.24, 2.45) is 0 Å². The van der Waals surface area contributed by atoms with E-state index in [1.165, 1.54) is 34.9 Å². The standard InChI is InChI=1S/C19H17F3N2O2S/c1-12-10-18(26)24(15-8-4-5-9-16(15)27-12)11-17(25)23-14-7-3-2-6-13(14)19(20,21)22/h2-9,12H,10-11H2,1H3,(H,23,25). The van der Waals surface area contributed by atoms with Crippen molar-refractivity contribution in [2.45, 2.75) is 29.7 Å². The van der Waals surface area contributed by atoms with Gasteiger partial charge >= 0.3 is 6.18 Å². The van der Waals surface area contributed by atoms with Gasteiger partial charge in [0, 0.05) is 16.6 Å². The highest BCUT2D eigenvalue weighted by Crippen LogP contribution is 2.38. The molecule has 2 aromatic rings. The van der Waals surface area contributed by atoms with E-state index < -0.39 is 17.6 Å². The lowest BCUT2D eigenvalue weighted by molar-refractivity contribution is -0.137.